The molecular weight excluding hydrogens is 1010 g/mol. The maximum Gasteiger partial charge on any atom is 0.0703 e. The van der Waals surface area contributed by atoms with E-state index < -0.39 is 0 Å². The van der Waals surface area contributed by atoms with Gasteiger partial charge in [0.25, 0.3) is 0 Å². The van der Waals surface area contributed by atoms with Crippen molar-refractivity contribution in [2.75, 3.05) is 0 Å². The normalized spacial score (nSPS) is 10.8. The van der Waals surface area contributed by atoms with E-state index in [1.54, 1.807) is 18.5 Å². The summed E-state index contributed by atoms with van der Waals surface area (Å²) >= 11 is 9.99. The van der Waals surface area contributed by atoms with Gasteiger partial charge in [-0.1, -0.05) is 146 Å². The molecule has 9 heteroatoms. The first-order valence-corrected chi connectivity index (χ1v) is 21.3. The van der Waals surface area contributed by atoms with Gasteiger partial charge in [-0.05, 0) is 88.7 Å². The smallest absolute Gasteiger partial charge is 0.0703 e. The maximum absolute atomic E-state index is 4.88. The Morgan fingerprint density at radius 3 is 1.17 bits per heavy atom. The quantitative estimate of drug-likeness (QED) is 0.165. The van der Waals surface area contributed by atoms with Crippen LogP contribution in [0.15, 0.2) is 214 Å². The minimum absolute atomic E-state index is 0. The SMILES string of the molecule is Brc1cc[c-]nc1.Brc1ccc(-c2ccc(Br)cn2)cc1.[Y].c1ccc2c(c1)c1ccccc1n2-c1ccc(-c2ccc(-n3c4ccccc4c4ccccc43)cn2)cc1. The van der Waals surface area contributed by atoms with E-state index in [1.165, 1.54) is 43.6 Å². The van der Waals surface area contributed by atoms with Crippen LogP contribution in [-0.4, -0.2) is 24.1 Å². The van der Waals surface area contributed by atoms with Gasteiger partial charge < -0.3 is 14.1 Å². The molecule has 5 heterocycles. The molecule has 11 aromatic rings. The Balaban J connectivity index is 0.000000186. The largest absolute Gasteiger partial charge is 0.393 e. The van der Waals surface area contributed by atoms with E-state index in [1.807, 2.05) is 48.7 Å². The molecule has 0 fully saturated rings. The van der Waals surface area contributed by atoms with Crippen LogP contribution in [0.3, 0.4) is 0 Å². The molecule has 0 saturated carbocycles. The molecule has 0 amide bonds. The van der Waals surface area contributed by atoms with Crippen LogP contribution in [0.5, 0.6) is 0 Å². The predicted molar refractivity (Wildman–Crippen MR) is 254 cm³/mol. The molecule has 60 heavy (non-hydrogen) atoms. The van der Waals surface area contributed by atoms with E-state index in [-0.39, 0.29) is 32.7 Å². The zero-order valence-electron chi connectivity index (χ0n) is 32.0. The Morgan fingerprint density at radius 1 is 0.367 bits per heavy atom. The summed E-state index contributed by atoms with van der Waals surface area (Å²) in [5.41, 5.74) is 11.2. The van der Waals surface area contributed by atoms with Crippen LogP contribution in [0.25, 0.3) is 77.5 Å². The van der Waals surface area contributed by atoms with Gasteiger partial charge in [0.05, 0.1) is 45.3 Å². The number of nitrogens with zero attached hydrogens (tertiary/aromatic N) is 5. The van der Waals surface area contributed by atoms with Gasteiger partial charge in [0.2, 0.25) is 0 Å². The molecule has 0 aliphatic rings. The first kappa shape index (κ1) is 41.6. The van der Waals surface area contributed by atoms with E-state index in [0.29, 0.717) is 0 Å². The van der Waals surface area contributed by atoms with Gasteiger partial charge in [0.1, 0.15) is 0 Å². The number of hydrogen-bond donors (Lipinski definition) is 0. The van der Waals surface area contributed by atoms with Crippen LogP contribution >= 0.6 is 47.8 Å². The zero-order chi connectivity index (χ0) is 40.1. The Morgan fingerprint density at radius 2 is 0.767 bits per heavy atom. The fourth-order valence-corrected chi connectivity index (χ4v) is 8.07. The summed E-state index contributed by atoms with van der Waals surface area (Å²) in [7, 11) is 0. The van der Waals surface area contributed by atoms with E-state index in [9.17, 15) is 0 Å². The van der Waals surface area contributed by atoms with Gasteiger partial charge in [-0.25, -0.2) is 0 Å². The standard InChI is InChI=1S/C35H23N3.C11H7Br2N.C5H3BrN.Y/c1-5-13-32-27(9-1)28-10-2-6-14-33(28)37(32)25-19-17-24(18-20-25)31-22-21-26(23-36-31)38-34-15-7-3-11-29(34)30-12-4-8-16-35(30)38;12-9-3-1-8(2-4-9)11-6-5-10(13)7-14-11;6-5-2-1-3-7-4-5;/h1-23H;1-7H;1-2,4H;/q;;-1;. The van der Waals surface area contributed by atoms with Crippen molar-refractivity contribution in [2.24, 2.45) is 0 Å². The van der Waals surface area contributed by atoms with Crippen molar-refractivity contribution in [3.05, 3.63) is 220 Å². The Kier molecular flexibility index (Phi) is 13.3. The molecule has 6 aromatic carbocycles. The van der Waals surface area contributed by atoms with Crippen molar-refractivity contribution in [2.45, 2.75) is 0 Å². The van der Waals surface area contributed by atoms with Crippen molar-refractivity contribution < 1.29 is 32.7 Å². The van der Waals surface area contributed by atoms with Crippen LogP contribution in [0, 0.1) is 6.20 Å². The second-order valence-electron chi connectivity index (χ2n) is 13.7. The summed E-state index contributed by atoms with van der Waals surface area (Å²) in [6.07, 6.45) is 8.13. The number of fused-ring (bicyclic) bond motifs is 6. The predicted octanol–water partition coefficient (Wildman–Crippen LogP) is 14.9. The average molecular weight is 1040 g/mol. The number of hydrogen-bond acceptors (Lipinski definition) is 3. The summed E-state index contributed by atoms with van der Waals surface area (Å²) in [6, 6.07) is 63.1. The average Bonchev–Trinajstić information content (AvgIpc) is 3.81. The summed E-state index contributed by atoms with van der Waals surface area (Å²) in [5.74, 6) is 0. The van der Waals surface area contributed by atoms with E-state index in [4.69, 9.17) is 4.98 Å². The molecule has 11 rings (SSSR count). The molecule has 0 aliphatic carbocycles. The molecule has 0 spiro atoms. The molecule has 1 radical (unpaired) electrons. The minimum atomic E-state index is 0. The first-order chi connectivity index (χ1) is 29.0. The molecule has 5 nitrogen and oxygen atoms in total. The van der Waals surface area contributed by atoms with Crippen LogP contribution in [-0.2, 0) is 32.7 Å². The summed E-state index contributed by atoms with van der Waals surface area (Å²) in [4.78, 5) is 12.9. The Bertz CT molecular complexity index is 2860. The second kappa shape index (κ2) is 19.1. The molecule has 0 unspecified atom stereocenters. The number of halogens is 3. The van der Waals surface area contributed by atoms with Crippen molar-refractivity contribution in [1.82, 2.24) is 24.1 Å². The third-order valence-corrected chi connectivity index (χ3v) is 11.5. The molecule has 0 atom stereocenters. The molecule has 0 bridgehead atoms. The molecule has 0 aliphatic heterocycles. The van der Waals surface area contributed by atoms with Gasteiger partial charge in [0, 0.05) is 86.2 Å². The summed E-state index contributed by atoms with van der Waals surface area (Å²) < 4.78 is 7.71. The van der Waals surface area contributed by atoms with Crippen LogP contribution in [0.2, 0.25) is 0 Å². The van der Waals surface area contributed by atoms with Crippen molar-refractivity contribution >= 4 is 91.4 Å². The Labute approximate surface area is 398 Å². The van der Waals surface area contributed by atoms with Gasteiger partial charge in [-0.2, -0.15) is 12.1 Å². The number of pyridine rings is 3. The number of benzene rings is 6. The van der Waals surface area contributed by atoms with E-state index in [0.717, 1.165) is 47.3 Å². The minimum Gasteiger partial charge on any atom is -0.393 e. The Hall–Kier alpha value is -5.09. The number of aromatic nitrogens is 5. The zero-order valence-corrected chi connectivity index (χ0v) is 39.6. The number of rotatable bonds is 4. The van der Waals surface area contributed by atoms with Gasteiger partial charge in [-0.3, -0.25) is 9.97 Å². The third kappa shape index (κ3) is 8.85. The third-order valence-electron chi connectivity index (χ3n) is 10.0. The number of para-hydroxylation sites is 4. The first-order valence-electron chi connectivity index (χ1n) is 18.9. The van der Waals surface area contributed by atoms with Crippen molar-refractivity contribution in [3.63, 3.8) is 0 Å². The fraction of sp³-hybridized carbons (Fsp3) is 0. The van der Waals surface area contributed by atoms with E-state index in [2.05, 4.69) is 207 Å². The maximum atomic E-state index is 4.88. The van der Waals surface area contributed by atoms with Gasteiger partial charge in [0.15, 0.2) is 0 Å². The van der Waals surface area contributed by atoms with Crippen LogP contribution in [0.4, 0.5) is 0 Å². The molecule has 287 valence electrons. The monoisotopic (exact) mass is 1040 g/mol. The van der Waals surface area contributed by atoms with Crippen LogP contribution < -0.4 is 0 Å². The van der Waals surface area contributed by atoms with Crippen molar-refractivity contribution in [3.8, 4) is 33.9 Å². The molecule has 5 aromatic heterocycles. The van der Waals surface area contributed by atoms with Crippen molar-refractivity contribution in [1.29, 1.82) is 0 Å². The summed E-state index contributed by atoms with van der Waals surface area (Å²) in [6.45, 7) is 0. The van der Waals surface area contributed by atoms with Gasteiger partial charge >= 0.3 is 0 Å². The topological polar surface area (TPSA) is 48.5 Å². The van der Waals surface area contributed by atoms with E-state index >= 15 is 0 Å². The second-order valence-corrected chi connectivity index (χ2v) is 16.4. The molecule has 0 N–H and O–H groups in total. The van der Waals surface area contributed by atoms with Crippen LogP contribution in [0.1, 0.15) is 0 Å². The summed E-state index contributed by atoms with van der Waals surface area (Å²) in [5, 5.41) is 5.06. The molecular formula is C51H33Br3N5Y-. The van der Waals surface area contributed by atoms with Gasteiger partial charge in [-0.15, -0.1) is 0 Å². The fourth-order valence-electron chi connectivity index (χ4n) is 7.34. The molecule has 0 saturated heterocycles.